The number of nitrogens with one attached hydrogen (secondary N) is 8. The quantitative estimate of drug-likeness (QED) is 0.0231. The second-order valence-electron chi connectivity index (χ2n) is 40.8. The lowest BCUT2D eigenvalue weighted by atomic mass is 9.78. The van der Waals surface area contributed by atoms with Crippen LogP contribution in [-0.2, 0) is 47.4 Å². The van der Waals surface area contributed by atoms with Crippen molar-refractivity contribution in [1.29, 1.82) is 0 Å². The summed E-state index contributed by atoms with van der Waals surface area (Å²) in [5.74, 6) is 2.45. The fraction of sp³-hybridized carbons (Fsp3) is 0.485. The van der Waals surface area contributed by atoms with Gasteiger partial charge in [0.15, 0.2) is 0 Å². The van der Waals surface area contributed by atoms with Crippen LogP contribution in [0.5, 0.6) is 0 Å². The Bertz CT molecular complexity index is 6040. The third-order valence-corrected chi connectivity index (χ3v) is 30.5. The van der Waals surface area contributed by atoms with E-state index in [-0.39, 0.29) is 106 Å². The Morgan fingerprint density at radius 3 is 1.21 bits per heavy atom. The van der Waals surface area contributed by atoms with Crippen LogP contribution < -0.4 is 26.7 Å². The Labute approximate surface area is 791 Å². The first-order valence-corrected chi connectivity index (χ1v) is 48.1. The number of carbonyl (C=O) groups excluding carboxylic acids is 8. The number of benzene rings is 6. The molecule has 2 spiro atoms. The molecule has 5 saturated heterocycles. The summed E-state index contributed by atoms with van der Waals surface area (Å²) in [5, 5.41) is 15.5. The zero-order valence-electron chi connectivity index (χ0n) is 79.4. The molecule has 9 fully saturated rings. The lowest BCUT2D eigenvalue weighted by molar-refractivity contribution is -0.140. The number of hydrogen-bond acceptors (Lipinski definition) is 17. The molecule has 4 aliphatic carbocycles. The third kappa shape index (κ3) is 19.1. The number of aromatic amines is 4. The van der Waals surface area contributed by atoms with Gasteiger partial charge in [-0.1, -0.05) is 162 Å². The number of halogens is 1. The van der Waals surface area contributed by atoms with Gasteiger partial charge in [0.1, 0.15) is 41.6 Å². The summed E-state index contributed by atoms with van der Waals surface area (Å²) in [6.07, 6.45) is 15.4. The van der Waals surface area contributed by atoms with Crippen LogP contribution >= 0.6 is 15.9 Å². The molecule has 134 heavy (non-hydrogen) atoms. The van der Waals surface area contributed by atoms with Crippen LogP contribution in [0.1, 0.15) is 207 Å². The summed E-state index contributed by atoms with van der Waals surface area (Å²) in [5.41, 5.74) is 11.6. The predicted octanol–water partition coefficient (Wildman–Crippen LogP) is 18.0. The number of amides is 8. The van der Waals surface area contributed by atoms with Gasteiger partial charge in [0, 0.05) is 46.6 Å². The average Bonchev–Trinajstić information content (AvgIpc) is 1.59. The molecule has 10 aromatic rings. The molecule has 706 valence electrons. The Balaban J connectivity index is 0.000000150. The predicted molar refractivity (Wildman–Crippen MR) is 515 cm³/mol. The molecule has 12 atom stereocenters. The van der Waals surface area contributed by atoms with Crippen LogP contribution in [-0.4, -0.2) is 199 Å². The van der Waals surface area contributed by atoms with Crippen molar-refractivity contribution in [3.8, 4) is 56.2 Å². The van der Waals surface area contributed by atoms with E-state index in [2.05, 4.69) is 199 Å². The van der Waals surface area contributed by atoms with E-state index in [0.717, 1.165) is 188 Å². The largest absolute Gasteiger partial charge is 0.494 e. The van der Waals surface area contributed by atoms with E-state index in [1.165, 1.54) is 28.4 Å². The van der Waals surface area contributed by atoms with Crippen molar-refractivity contribution in [1.82, 2.24) is 75.8 Å². The molecule has 0 radical (unpaired) electrons. The van der Waals surface area contributed by atoms with Crippen LogP contribution in [0.4, 0.5) is 19.2 Å². The first-order valence-electron chi connectivity index (χ1n) is 47.3. The smallest absolute Gasteiger partial charge is 0.453 e. The highest BCUT2D eigenvalue weighted by Crippen LogP contribution is 2.61. The molecular weight excluding hydrogens is 1760 g/mol. The maximum Gasteiger partial charge on any atom is 0.494 e. The molecule has 19 rings (SSSR count). The lowest BCUT2D eigenvalue weighted by Crippen LogP contribution is -2.54. The van der Waals surface area contributed by atoms with E-state index in [4.69, 9.17) is 38.2 Å². The summed E-state index contributed by atoms with van der Waals surface area (Å²) in [6.45, 7) is 25.1. The monoisotopic (exact) mass is 1890 g/mol. The molecule has 5 aliphatic heterocycles. The van der Waals surface area contributed by atoms with Crippen molar-refractivity contribution in [2.24, 2.45) is 46.3 Å². The summed E-state index contributed by atoms with van der Waals surface area (Å²) in [7, 11) is 4.84. The molecule has 6 aromatic carbocycles. The number of imidazole rings is 3. The summed E-state index contributed by atoms with van der Waals surface area (Å²) < 4.78 is 32.7. The molecule has 4 aromatic heterocycles. The molecular formula is C103H125BBrN15O14. The van der Waals surface area contributed by atoms with Gasteiger partial charge in [-0.3, -0.25) is 19.2 Å². The van der Waals surface area contributed by atoms with Crippen molar-refractivity contribution in [3.05, 3.63) is 180 Å². The van der Waals surface area contributed by atoms with E-state index in [1.807, 2.05) is 118 Å². The van der Waals surface area contributed by atoms with E-state index in [0.29, 0.717) is 24.9 Å². The molecule has 4 saturated carbocycles. The SMILES string of the molecule is COC(=O)N[C@H](C(=O)N1CC2(CC2)C[C@H]1c1ccc(-c2ccc3cc(-c4ccc(-c5cnc([C@@H]6[C@H]7CC[C@H](C7)N6C(=O)[C@@H](NC(=O)OC)C(C)C)[nH]5)cc4)ccc3c2)[nH]1)C(C)C.COC(=O)N[C@H](C(=O)N1CC2(CC2)C[C@H]1c1ncc(-c2ccc3cc(B4OC(C)(C)C(C)(C)O4)ccc3c2)[nH]1)C(C)C.COC(=O)N[C@H](C(=O)N1[C@@H]2CC[C@@H](C2)[C@H]1c1ncc(-c2ccc(Br)cc2)[nH]1)C(C)C. The highest BCUT2D eigenvalue weighted by atomic mass is 79.9. The Hall–Kier alpha value is -11.8. The number of rotatable bonds is 22. The Kier molecular flexibility index (Phi) is 26.5. The second-order valence-corrected chi connectivity index (χ2v) is 41.7. The fourth-order valence-corrected chi connectivity index (χ4v) is 21.5. The van der Waals surface area contributed by atoms with Crippen LogP contribution in [0.15, 0.2) is 157 Å². The second kappa shape index (κ2) is 37.8. The summed E-state index contributed by atoms with van der Waals surface area (Å²) >= 11 is 3.46. The Morgan fingerprint density at radius 2 is 0.769 bits per heavy atom. The number of likely N-dealkylation sites (tertiary alicyclic amines) is 4. The summed E-state index contributed by atoms with van der Waals surface area (Å²) in [6, 6.07) is 43.5. The van der Waals surface area contributed by atoms with Gasteiger partial charge < -0.3 is 89.1 Å². The van der Waals surface area contributed by atoms with Crippen molar-refractivity contribution in [3.63, 3.8) is 0 Å². The minimum Gasteiger partial charge on any atom is -0.453 e. The Morgan fingerprint density at radius 1 is 0.410 bits per heavy atom. The zero-order valence-corrected chi connectivity index (χ0v) is 81.0. The number of nitrogens with zero attached hydrogens (tertiary/aromatic N) is 7. The van der Waals surface area contributed by atoms with Gasteiger partial charge in [-0.15, -0.1) is 0 Å². The third-order valence-electron chi connectivity index (χ3n) is 30.0. The minimum absolute atomic E-state index is 0.0497. The van der Waals surface area contributed by atoms with Crippen molar-refractivity contribution >= 4 is 98.1 Å². The van der Waals surface area contributed by atoms with Crippen molar-refractivity contribution in [2.75, 3.05) is 41.5 Å². The van der Waals surface area contributed by atoms with E-state index in [9.17, 15) is 38.4 Å². The first kappa shape index (κ1) is 94.0. The number of carbonyl (C=O) groups is 8. The molecule has 4 bridgehead atoms. The molecule has 0 unspecified atom stereocenters. The molecule has 29 nitrogen and oxygen atoms in total. The van der Waals surface area contributed by atoms with Gasteiger partial charge >= 0.3 is 31.5 Å². The number of alkyl carbamates (subject to hydrolysis) is 4. The summed E-state index contributed by atoms with van der Waals surface area (Å²) in [4.78, 5) is 140. The van der Waals surface area contributed by atoms with Gasteiger partial charge in [0.05, 0.1) is 99.5 Å². The molecule has 8 N–H and O–H groups in total. The molecule has 9 aliphatic rings. The maximum absolute atomic E-state index is 14.0. The van der Waals surface area contributed by atoms with E-state index in [1.54, 1.807) is 0 Å². The van der Waals surface area contributed by atoms with Gasteiger partial charge in [-0.05, 0) is 248 Å². The number of hydrogen-bond donors (Lipinski definition) is 8. The van der Waals surface area contributed by atoms with Gasteiger partial charge in [0.2, 0.25) is 23.6 Å². The zero-order chi connectivity index (χ0) is 94.9. The molecule has 9 heterocycles. The number of ether oxygens (including phenoxy) is 4. The van der Waals surface area contributed by atoms with Gasteiger partial charge in [-0.25, -0.2) is 34.1 Å². The fourth-order valence-electron chi connectivity index (χ4n) is 21.3. The van der Waals surface area contributed by atoms with E-state index >= 15 is 0 Å². The van der Waals surface area contributed by atoms with Crippen LogP contribution in [0.25, 0.3) is 77.7 Å². The number of piperidine rings is 2. The first-order chi connectivity index (χ1) is 64.0. The molecule has 8 amide bonds. The number of fused-ring (bicyclic) bond motifs is 6. The standard InChI is InChI=1S/C49H57N7O6.C32H41BN4O5.C22H27BrN4O3/c1-27(2)41(53-47(59)61-5)45(57)55-26-49(19-20-49)24-40(55)38-18-17-37(51-38)34-14-13-32-21-31(11-12-33(32)22-34)29-7-9-30(10-8-29)39-25-50-44(52-39)43-35-15-16-36(23-35)56(43)46(58)42(28(3)4)54-48(60)62-6;1-19(2)26(36-29(39)40-7)28(38)37-18-32(12-13-32)16-25(37)27-34-17-24(35-27)22-9-8-21-15-23(11-10-20(21)14-22)33-41-30(3,4)31(5,6)42-33;1-12(2)18(26-22(29)30-3)21(28)27-16-9-6-14(10-16)19(27)20-24-11-17(25-20)13-4-7-15(23)8-5-13/h7-14,17-18,21-22,25,27-28,35-36,40-43,51H,15-16,19-20,23-24,26H2,1-6H3,(H,50,52)(H,53,59)(H,54,60);8-11,14-15,17,19,25-26H,12-13,16,18H2,1-7H3,(H,34,35)(H,36,39);4-5,7-8,11-12,14,16,18-19H,6,9-10H2,1-3H3,(H,24,25)(H,26,29)/t35-,36+,40-,41-,42-,43-;25-,26-;14-,16+,18-,19-/m000/s1. The van der Waals surface area contributed by atoms with Crippen LogP contribution in [0.3, 0.4) is 0 Å². The highest BCUT2D eigenvalue weighted by molar-refractivity contribution is 9.10. The van der Waals surface area contributed by atoms with Gasteiger partial charge in [0.25, 0.3) is 0 Å². The average molecular weight is 1890 g/mol. The normalized spacial score (nSPS) is 22.6. The van der Waals surface area contributed by atoms with Crippen molar-refractivity contribution in [2.45, 2.75) is 232 Å². The minimum atomic E-state index is -0.679. The van der Waals surface area contributed by atoms with Crippen LogP contribution in [0.2, 0.25) is 0 Å². The van der Waals surface area contributed by atoms with E-state index < -0.39 is 55.7 Å². The number of H-pyrrole nitrogens is 4. The maximum atomic E-state index is 14.0. The van der Waals surface area contributed by atoms with Crippen LogP contribution in [0, 0.1) is 46.3 Å². The van der Waals surface area contributed by atoms with Gasteiger partial charge in [-0.2, -0.15) is 0 Å². The molecule has 31 heteroatoms. The highest BCUT2D eigenvalue weighted by Gasteiger charge is 2.59. The lowest BCUT2D eigenvalue weighted by Gasteiger charge is -2.37. The topological polar surface area (TPSA) is 355 Å². The number of aromatic nitrogens is 7. The van der Waals surface area contributed by atoms with Crippen molar-refractivity contribution < 1.29 is 66.6 Å². The number of methoxy groups -OCH3 is 4.